The maximum Gasteiger partial charge on any atom is 0.279 e. The van der Waals surface area contributed by atoms with Gasteiger partial charge < -0.3 is 4.74 Å². The van der Waals surface area contributed by atoms with Crippen LogP contribution in [0.1, 0.15) is 22.8 Å². The monoisotopic (exact) mass is 439 g/mol. The van der Waals surface area contributed by atoms with E-state index in [1.54, 1.807) is 12.1 Å². The molecule has 0 heterocycles. The summed E-state index contributed by atoms with van der Waals surface area (Å²) in [6, 6.07) is 10.6. The lowest BCUT2D eigenvalue weighted by Gasteiger charge is -2.16. The number of ether oxygens (including phenoxy) is 1. The fourth-order valence-corrected chi connectivity index (χ4v) is 3.36. The Morgan fingerprint density at radius 1 is 1.10 bits per heavy atom. The number of benzene rings is 2. The molecule has 0 aliphatic rings. The molecule has 10 heteroatoms. The summed E-state index contributed by atoms with van der Waals surface area (Å²) in [5.74, 6) is -0.926. The second-order valence-corrected chi connectivity index (χ2v) is 9.01. The Hall–Kier alpha value is -2.62. The Balaban J connectivity index is 2.01. The lowest BCUT2D eigenvalue weighted by atomic mass is 10.2. The number of nitrogens with zero attached hydrogens (tertiary/aromatic N) is 1. The summed E-state index contributed by atoms with van der Waals surface area (Å²) in [5.41, 5.74) is 5.48. The van der Waals surface area contributed by atoms with E-state index in [4.69, 9.17) is 16.3 Å². The number of amides is 2. The molecule has 0 aliphatic carbocycles. The normalized spacial score (nSPS) is 12.3. The van der Waals surface area contributed by atoms with Gasteiger partial charge in [0, 0.05) is 19.7 Å². The van der Waals surface area contributed by atoms with E-state index in [9.17, 15) is 18.0 Å². The third-order valence-corrected chi connectivity index (χ3v) is 6.06. The largest absolute Gasteiger partial charge is 0.479 e. The molecular formula is C19H22ClN3O5S. The molecule has 0 aromatic heterocycles. The van der Waals surface area contributed by atoms with Gasteiger partial charge in [0.15, 0.2) is 6.10 Å². The van der Waals surface area contributed by atoms with Crippen molar-refractivity contribution in [2.24, 2.45) is 0 Å². The Morgan fingerprint density at radius 3 is 2.45 bits per heavy atom. The molecule has 0 bridgehead atoms. The number of nitrogens with one attached hydrogen (secondary N) is 2. The standard InChI is InChI=1S/C19H22ClN3O5S/c1-12-8-9-16(20)17(10-12)28-13(2)18(24)21-22-19(25)14-6-5-7-15(11-14)29(26,27)23(3)4/h5-11,13H,1-4H3,(H,21,24)(H,22,25). The first-order valence-corrected chi connectivity index (χ1v) is 10.4. The first-order chi connectivity index (χ1) is 13.5. The van der Waals surface area contributed by atoms with Gasteiger partial charge in [0.1, 0.15) is 5.75 Å². The van der Waals surface area contributed by atoms with Crippen LogP contribution in [0.5, 0.6) is 5.75 Å². The van der Waals surface area contributed by atoms with E-state index in [0.29, 0.717) is 10.8 Å². The summed E-state index contributed by atoms with van der Waals surface area (Å²) in [4.78, 5) is 24.4. The van der Waals surface area contributed by atoms with Crippen molar-refractivity contribution in [1.82, 2.24) is 15.2 Å². The van der Waals surface area contributed by atoms with Crippen LogP contribution in [0.3, 0.4) is 0 Å². The number of hydrazine groups is 1. The van der Waals surface area contributed by atoms with E-state index in [-0.39, 0.29) is 10.5 Å². The van der Waals surface area contributed by atoms with Gasteiger partial charge in [0.05, 0.1) is 9.92 Å². The van der Waals surface area contributed by atoms with Crippen LogP contribution in [0.15, 0.2) is 47.4 Å². The molecule has 0 fully saturated rings. The molecule has 2 rings (SSSR count). The van der Waals surface area contributed by atoms with Crippen LogP contribution in [0.2, 0.25) is 5.02 Å². The quantitative estimate of drug-likeness (QED) is 0.671. The fraction of sp³-hybridized carbons (Fsp3) is 0.263. The van der Waals surface area contributed by atoms with Crippen LogP contribution in [0.25, 0.3) is 0 Å². The molecule has 29 heavy (non-hydrogen) atoms. The molecule has 2 N–H and O–H groups in total. The number of carbonyl (C=O) groups excluding carboxylic acids is 2. The highest BCUT2D eigenvalue weighted by Crippen LogP contribution is 2.26. The zero-order chi connectivity index (χ0) is 21.8. The average molecular weight is 440 g/mol. The summed E-state index contributed by atoms with van der Waals surface area (Å²) < 4.78 is 30.9. The van der Waals surface area contributed by atoms with Gasteiger partial charge in [0.2, 0.25) is 10.0 Å². The van der Waals surface area contributed by atoms with Crippen LogP contribution in [0, 0.1) is 6.92 Å². The van der Waals surface area contributed by atoms with E-state index >= 15 is 0 Å². The van der Waals surface area contributed by atoms with Gasteiger partial charge in [-0.1, -0.05) is 23.7 Å². The number of sulfonamides is 1. The van der Waals surface area contributed by atoms with Gasteiger partial charge in [-0.2, -0.15) is 0 Å². The maximum atomic E-state index is 12.3. The number of rotatable bonds is 6. The molecule has 2 aromatic rings. The van der Waals surface area contributed by atoms with Gasteiger partial charge in [-0.05, 0) is 49.7 Å². The zero-order valence-electron chi connectivity index (χ0n) is 16.4. The van der Waals surface area contributed by atoms with E-state index in [2.05, 4.69) is 10.9 Å². The van der Waals surface area contributed by atoms with Crippen molar-refractivity contribution in [2.45, 2.75) is 24.8 Å². The highest BCUT2D eigenvalue weighted by Gasteiger charge is 2.20. The van der Waals surface area contributed by atoms with Crippen molar-refractivity contribution < 1.29 is 22.7 Å². The molecule has 156 valence electrons. The first-order valence-electron chi connectivity index (χ1n) is 8.58. The van der Waals surface area contributed by atoms with Gasteiger partial charge in [-0.25, -0.2) is 12.7 Å². The Kier molecular flexibility index (Phi) is 7.23. The molecule has 1 unspecified atom stereocenters. The van der Waals surface area contributed by atoms with E-state index < -0.39 is 27.9 Å². The lowest BCUT2D eigenvalue weighted by molar-refractivity contribution is -0.128. The van der Waals surface area contributed by atoms with E-state index in [1.165, 1.54) is 45.3 Å². The minimum atomic E-state index is -3.69. The number of aryl methyl sites for hydroxylation is 1. The summed E-state index contributed by atoms with van der Waals surface area (Å²) in [7, 11) is -0.900. The van der Waals surface area contributed by atoms with Crippen LogP contribution < -0.4 is 15.6 Å². The number of carbonyl (C=O) groups is 2. The van der Waals surface area contributed by atoms with Crippen LogP contribution in [-0.2, 0) is 14.8 Å². The number of halogens is 1. The van der Waals surface area contributed by atoms with Crippen LogP contribution in [0.4, 0.5) is 0 Å². The van der Waals surface area contributed by atoms with Crippen LogP contribution in [-0.4, -0.2) is 44.7 Å². The third kappa shape index (κ3) is 5.69. The van der Waals surface area contributed by atoms with Crippen molar-refractivity contribution >= 4 is 33.4 Å². The molecule has 2 aromatic carbocycles. The SMILES string of the molecule is Cc1ccc(Cl)c(OC(C)C(=O)NNC(=O)c2cccc(S(=O)(=O)N(C)C)c2)c1. The van der Waals surface area contributed by atoms with Crippen LogP contribution >= 0.6 is 11.6 Å². The van der Waals surface area contributed by atoms with E-state index in [1.807, 2.05) is 13.0 Å². The van der Waals surface area contributed by atoms with Crippen molar-refractivity contribution in [2.75, 3.05) is 14.1 Å². The molecular weight excluding hydrogens is 418 g/mol. The topological polar surface area (TPSA) is 105 Å². The van der Waals surface area contributed by atoms with Gasteiger partial charge >= 0.3 is 0 Å². The molecule has 0 radical (unpaired) electrons. The second-order valence-electron chi connectivity index (χ2n) is 6.45. The molecule has 0 saturated heterocycles. The van der Waals surface area contributed by atoms with Gasteiger partial charge in [-0.3, -0.25) is 20.4 Å². The molecule has 1 atom stereocenters. The summed E-state index contributed by atoms with van der Waals surface area (Å²) >= 11 is 6.05. The Morgan fingerprint density at radius 2 is 1.79 bits per heavy atom. The number of hydrogen-bond acceptors (Lipinski definition) is 5. The maximum absolute atomic E-state index is 12.3. The van der Waals surface area contributed by atoms with Gasteiger partial charge in [0.25, 0.3) is 11.8 Å². The summed E-state index contributed by atoms with van der Waals surface area (Å²) in [6.07, 6.45) is -0.935. The van der Waals surface area contributed by atoms with Gasteiger partial charge in [-0.15, -0.1) is 0 Å². The van der Waals surface area contributed by atoms with Crippen molar-refractivity contribution in [3.05, 3.63) is 58.6 Å². The number of hydrogen-bond donors (Lipinski definition) is 2. The Bertz CT molecular complexity index is 1020. The lowest BCUT2D eigenvalue weighted by Crippen LogP contribution is -2.47. The van der Waals surface area contributed by atoms with Crippen molar-refractivity contribution in [3.63, 3.8) is 0 Å². The molecule has 2 amide bonds. The average Bonchev–Trinajstić information content (AvgIpc) is 2.68. The Labute approximate surface area is 174 Å². The predicted molar refractivity (Wildman–Crippen MR) is 109 cm³/mol. The molecule has 8 nitrogen and oxygen atoms in total. The first kappa shape index (κ1) is 22.7. The van der Waals surface area contributed by atoms with E-state index in [0.717, 1.165) is 9.87 Å². The highest BCUT2D eigenvalue weighted by atomic mass is 35.5. The minimum Gasteiger partial charge on any atom is -0.479 e. The molecule has 0 saturated carbocycles. The molecule has 0 aliphatic heterocycles. The summed E-state index contributed by atoms with van der Waals surface area (Å²) in [5, 5.41) is 0.359. The second kappa shape index (κ2) is 9.25. The smallest absolute Gasteiger partial charge is 0.279 e. The van der Waals surface area contributed by atoms with Crippen molar-refractivity contribution in [3.8, 4) is 5.75 Å². The zero-order valence-corrected chi connectivity index (χ0v) is 18.0. The minimum absolute atomic E-state index is 0.0349. The van der Waals surface area contributed by atoms with Crippen molar-refractivity contribution in [1.29, 1.82) is 0 Å². The summed E-state index contributed by atoms with van der Waals surface area (Å²) in [6.45, 7) is 3.36. The fourth-order valence-electron chi connectivity index (χ4n) is 2.25. The molecule has 0 spiro atoms. The highest BCUT2D eigenvalue weighted by molar-refractivity contribution is 7.89. The predicted octanol–water partition coefficient (Wildman–Crippen LogP) is 2.13. The third-order valence-electron chi connectivity index (χ3n) is 3.93.